The van der Waals surface area contributed by atoms with E-state index in [2.05, 4.69) is 5.32 Å². The van der Waals surface area contributed by atoms with Gasteiger partial charge in [-0.25, -0.2) is 8.42 Å². The maximum absolute atomic E-state index is 13.7. The van der Waals surface area contributed by atoms with Crippen LogP contribution in [-0.4, -0.2) is 50.5 Å². The number of amides is 2. The van der Waals surface area contributed by atoms with E-state index in [0.717, 1.165) is 32.5 Å². The van der Waals surface area contributed by atoms with E-state index in [1.165, 1.54) is 4.90 Å². The lowest BCUT2D eigenvalue weighted by molar-refractivity contribution is -0.139. The summed E-state index contributed by atoms with van der Waals surface area (Å²) in [7, 11) is -3.80. The minimum absolute atomic E-state index is 0.184. The summed E-state index contributed by atoms with van der Waals surface area (Å²) in [5.74, 6) is -0.475. The standard InChI is InChI=1S/C28H35N3O4S/c1-20(2)17-29-28(33)22(4)30(18-23-11-8-10-21(3)16-23)27(32)19-31(36(5,34)35)26-15-9-13-24-12-6-7-14-25(24)26/h6-16,20,22H,17-19H2,1-5H3,(H,29,33)/t22-/m1/s1. The van der Waals surface area contributed by atoms with Gasteiger partial charge in [0.2, 0.25) is 21.8 Å². The predicted molar refractivity (Wildman–Crippen MR) is 145 cm³/mol. The molecule has 0 heterocycles. The molecule has 0 radical (unpaired) electrons. The van der Waals surface area contributed by atoms with Crippen LogP contribution in [0.2, 0.25) is 0 Å². The van der Waals surface area contributed by atoms with Crippen LogP contribution in [0.1, 0.15) is 31.9 Å². The smallest absolute Gasteiger partial charge is 0.244 e. The third kappa shape index (κ3) is 6.85. The van der Waals surface area contributed by atoms with Crippen molar-refractivity contribution in [2.75, 3.05) is 23.7 Å². The molecule has 0 aromatic heterocycles. The number of fused-ring (bicyclic) bond motifs is 1. The van der Waals surface area contributed by atoms with Crippen LogP contribution in [0, 0.1) is 12.8 Å². The van der Waals surface area contributed by atoms with Crippen molar-refractivity contribution in [2.45, 2.75) is 40.3 Å². The molecule has 192 valence electrons. The van der Waals surface area contributed by atoms with E-state index in [0.29, 0.717) is 12.2 Å². The van der Waals surface area contributed by atoms with Gasteiger partial charge in [-0.15, -0.1) is 0 Å². The number of rotatable bonds is 10. The van der Waals surface area contributed by atoms with Gasteiger partial charge in [0.25, 0.3) is 0 Å². The molecule has 0 spiro atoms. The molecule has 8 heteroatoms. The third-order valence-corrected chi connectivity index (χ3v) is 7.13. The van der Waals surface area contributed by atoms with E-state index in [4.69, 9.17) is 0 Å². The number of nitrogens with zero attached hydrogens (tertiary/aromatic N) is 2. The maximum atomic E-state index is 13.7. The van der Waals surface area contributed by atoms with Crippen molar-refractivity contribution in [3.63, 3.8) is 0 Å². The molecule has 1 N–H and O–H groups in total. The van der Waals surface area contributed by atoms with Gasteiger partial charge in [-0.2, -0.15) is 0 Å². The molecule has 3 aromatic carbocycles. The molecule has 0 unspecified atom stereocenters. The quantitative estimate of drug-likeness (QED) is 0.446. The summed E-state index contributed by atoms with van der Waals surface area (Å²) in [4.78, 5) is 28.1. The molecule has 36 heavy (non-hydrogen) atoms. The Bertz CT molecular complexity index is 1330. The molecule has 0 bridgehead atoms. The first-order valence-corrected chi connectivity index (χ1v) is 13.9. The highest BCUT2D eigenvalue weighted by Crippen LogP contribution is 2.28. The van der Waals surface area contributed by atoms with Gasteiger partial charge in [0.05, 0.1) is 11.9 Å². The molecule has 0 fully saturated rings. The number of aryl methyl sites for hydroxylation is 1. The molecule has 0 saturated carbocycles. The molecular weight excluding hydrogens is 474 g/mol. The molecule has 0 aliphatic heterocycles. The van der Waals surface area contributed by atoms with Gasteiger partial charge in [0, 0.05) is 18.5 Å². The van der Waals surface area contributed by atoms with Gasteiger partial charge in [-0.05, 0) is 36.8 Å². The monoisotopic (exact) mass is 509 g/mol. The van der Waals surface area contributed by atoms with E-state index in [1.807, 2.05) is 75.4 Å². The number of carbonyl (C=O) groups excluding carboxylic acids is 2. The molecule has 7 nitrogen and oxygen atoms in total. The van der Waals surface area contributed by atoms with Crippen molar-refractivity contribution in [2.24, 2.45) is 5.92 Å². The van der Waals surface area contributed by atoms with E-state index in [1.54, 1.807) is 19.1 Å². The summed E-state index contributed by atoms with van der Waals surface area (Å²) in [6, 6.07) is 19.7. The van der Waals surface area contributed by atoms with E-state index in [-0.39, 0.29) is 18.4 Å². The zero-order valence-electron chi connectivity index (χ0n) is 21.6. The molecule has 0 saturated heterocycles. The van der Waals surface area contributed by atoms with Gasteiger partial charge >= 0.3 is 0 Å². The number of hydrogen-bond donors (Lipinski definition) is 1. The van der Waals surface area contributed by atoms with Crippen LogP contribution in [0.3, 0.4) is 0 Å². The van der Waals surface area contributed by atoms with Crippen molar-refractivity contribution in [3.05, 3.63) is 77.9 Å². The maximum Gasteiger partial charge on any atom is 0.244 e. The van der Waals surface area contributed by atoms with Crippen LogP contribution in [-0.2, 0) is 26.2 Å². The van der Waals surface area contributed by atoms with Crippen LogP contribution in [0.5, 0.6) is 0 Å². The number of nitrogens with one attached hydrogen (secondary N) is 1. The van der Waals surface area contributed by atoms with Crippen molar-refractivity contribution in [1.82, 2.24) is 10.2 Å². The van der Waals surface area contributed by atoms with Crippen LogP contribution in [0.15, 0.2) is 66.7 Å². The third-order valence-electron chi connectivity index (χ3n) is 6.00. The molecule has 2 amide bonds. The summed E-state index contributed by atoms with van der Waals surface area (Å²) in [5.41, 5.74) is 2.32. The number of benzene rings is 3. The van der Waals surface area contributed by atoms with E-state index in [9.17, 15) is 18.0 Å². The molecular formula is C28H35N3O4S. The van der Waals surface area contributed by atoms with Gasteiger partial charge in [0.1, 0.15) is 12.6 Å². The first-order chi connectivity index (χ1) is 17.0. The molecule has 3 rings (SSSR count). The minimum Gasteiger partial charge on any atom is -0.354 e. The fourth-order valence-electron chi connectivity index (χ4n) is 4.06. The molecule has 1 atom stereocenters. The van der Waals surface area contributed by atoms with Gasteiger partial charge < -0.3 is 10.2 Å². The van der Waals surface area contributed by atoms with Crippen LogP contribution in [0.25, 0.3) is 10.8 Å². The lowest BCUT2D eigenvalue weighted by Crippen LogP contribution is -2.51. The highest BCUT2D eigenvalue weighted by molar-refractivity contribution is 7.92. The fraction of sp³-hybridized carbons (Fsp3) is 0.357. The summed E-state index contributed by atoms with van der Waals surface area (Å²) < 4.78 is 26.9. The summed E-state index contributed by atoms with van der Waals surface area (Å²) in [5, 5.41) is 4.49. The highest BCUT2D eigenvalue weighted by Gasteiger charge is 2.30. The normalized spacial score (nSPS) is 12.4. The Kier molecular flexibility index (Phi) is 8.74. The Labute approximate surface area is 214 Å². The molecule has 0 aliphatic carbocycles. The Hall–Kier alpha value is -3.39. The van der Waals surface area contributed by atoms with Gasteiger partial charge in [0.15, 0.2) is 0 Å². The molecule has 3 aromatic rings. The van der Waals surface area contributed by atoms with E-state index < -0.39 is 28.5 Å². The zero-order valence-corrected chi connectivity index (χ0v) is 22.4. The average molecular weight is 510 g/mol. The van der Waals surface area contributed by atoms with Crippen molar-refractivity contribution in [3.8, 4) is 0 Å². The average Bonchev–Trinajstić information content (AvgIpc) is 2.83. The Morgan fingerprint density at radius 1 is 0.944 bits per heavy atom. The lowest BCUT2D eigenvalue weighted by atomic mass is 10.1. The zero-order chi connectivity index (χ0) is 26.5. The number of hydrogen-bond acceptors (Lipinski definition) is 4. The number of carbonyl (C=O) groups is 2. The second-order valence-corrected chi connectivity index (χ2v) is 11.5. The molecule has 0 aliphatic rings. The fourth-order valence-corrected chi connectivity index (χ4v) is 4.92. The second-order valence-electron chi connectivity index (χ2n) is 9.59. The topological polar surface area (TPSA) is 86.8 Å². The second kappa shape index (κ2) is 11.6. The Morgan fingerprint density at radius 2 is 1.61 bits per heavy atom. The SMILES string of the molecule is Cc1cccc(CN(C(=O)CN(c2cccc3ccccc23)S(C)(=O)=O)[C@H](C)C(=O)NCC(C)C)c1. The van der Waals surface area contributed by atoms with Gasteiger partial charge in [-0.1, -0.05) is 80.1 Å². The summed E-state index contributed by atoms with van der Waals surface area (Å²) >= 11 is 0. The number of sulfonamides is 1. The number of anilines is 1. The Morgan fingerprint density at radius 3 is 2.28 bits per heavy atom. The van der Waals surface area contributed by atoms with E-state index >= 15 is 0 Å². The first-order valence-electron chi connectivity index (χ1n) is 12.1. The van der Waals surface area contributed by atoms with Gasteiger partial charge in [-0.3, -0.25) is 13.9 Å². The highest BCUT2D eigenvalue weighted by atomic mass is 32.2. The summed E-state index contributed by atoms with van der Waals surface area (Å²) in [6.07, 6.45) is 1.09. The van der Waals surface area contributed by atoms with Crippen molar-refractivity contribution in [1.29, 1.82) is 0 Å². The minimum atomic E-state index is -3.80. The first kappa shape index (κ1) is 27.2. The van der Waals surface area contributed by atoms with Crippen molar-refractivity contribution >= 4 is 38.3 Å². The lowest BCUT2D eigenvalue weighted by Gasteiger charge is -2.32. The van der Waals surface area contributed by atoms with Crippen LogP contribution >= 0.6 is 0 Å². The largest absolute Gasteiger partial charge is 0.354 e. The van der Waals surface area contributed by atoms with Crippen LogP contribution in [0.4, 0.5) is 5.69 Å². The van der Waals surface area contributed by atoms with Crippen LogP contribution < -0.4 is 9.62 Å². The predicted octanol–water partition coefficient (Wildman–Crippen LogP) is 4.10. The van der Waals surface area contributed by atoms with Crippen molar-refractivity contribution < 1.29 is 18.0 Å². The summed E-state index contributed by atoms with van der Waals surface area (Å²) in [6.45, 7) is 7.88. The Balaban J connectivity index is 1.97.